The summed E-state index contributed by atoms with van der Waals surface area (Å²) in [5.41, 5.74) is 0.610. The molecule has 2 aromatic carbocycles. The van der Waals surface area contributed by atoms with E-state index in [-0.39, 0.29) is 25.2 Å². The number of hydrogen-bond acceptors (Lipinski definition) is 4. The van der Waals surface area contributed by atoms with E-state index >= 15 is 0 Å². The monoisotopic (exact) mass is 361 g/mol. The summed E-state index contributed by atoms with van der Waals surface area (Å²) in [5.74, 6) is -2.51. The summed E-state index contributed by atoms with van der Waals surface area (Å²) in [5, 5.41) is 2.43. The maximum atomic E-state index is 13.4. The second-order valence-corrected chi connectivity index (χ2v) is 5.46. The third-order valence-corrected chi connectivity index (χ3v) is 3.52. The van der Waals surface area contributed by atoms with Crippen LogP contribution >= 0.6 is 0 Å². The number of Topliss-reactive ketones (excluding diaryl/α,β-unsaturated/α-hetero) is 1. The lowest BCUT2D eigenvalue weighted by Gasteiger charge is -2.07. The topological polar surface area (TPSA) is 72.5 Å². The van der Waals surface area contributed by atoms with Gasteiger partial charge in [0.2, 0.25) is 0 Å². The molecule has 0 heterocycles. The van der Waals surface area contributed by atoms with Gasteiger partial charge in [-0.2, -0.15) is 0 Å². The van der Waals surface area contributed by atoms with Crippen LogP contribution in [0.15, 0.2) is 48.5 Å². The Labute approximate surface area is 149 Å². The number of benzene rings is 2. The average Bonchev–Trinajstić information content (AvgIpc) is 2.64. The molecular weight excluding hydrogens is 344 g/mol. The van der Waals surface area contributed by atoms with Crippen LogP contribution in [0.5, 0.6) is 0 Å². The van der Waals surface area contributed by atoms with Crippen molar-refractivity contribution in [3.05, 3.63) is 71.3 Å². The number of esters is 1. The summed E-state index contributed by atoms with van der Waals surface area (Å²) >= 11 is 0. The van der Waals surface area contributed by atoms with Gasteiger partial charge >= 0.3 is 5.97 Å². The second-order valence-electron chi connectivity index (χ2n) is 5.46. The smallest absolute Gasteiger partial charge is 0.306 e. The lowest BCUT2D eigenvalue weighted by atomic mass is 10.1. The van der Waals surface area contributed by atoms with Gasteiger partial charge in [-0.25, -0.2) is 8.78 Å². The van der Waals surface area contributed by atoms with Crippen molar-refractivity contribution in [1.29, 1.82) is 0 Å². The van der Waals surface area contributed by atoms with E-state index in [0.717, 1.165) is 12.1 Å². The molecule has 0 saturated heterocycles. The zero-order chi connectivity index (χ0) is 18.9. The maximum absolute atomic E-state index is 13.4. The van der Waals surface area contributed by atoms with Crippen molar-refractivity contribution >= 4 is 17.7 Å². The number of hydrogen-bond donors (Lipinski definition) is 1. The predicted molar refractivity (Wildman–Crippen MR) is 89.2 cm³/mol. The molecule has 0 radical (unpaired) electrons. The Kier molecular flexibility index (Phi) is 6.96. The van der Waals surface area contributed by atoms with Crippen LogP contribution in [0, 0.1) is 11.6 Å². The molecule has 0 aliphatic heterocycles. The standard InChI is InChI=1S/C19H17F2NO4/c20-15-7-5-13(6-8-15)17(23)9-10-19(25)26-12-18(24)22-11-14-3-1-2-4-16(14)21/h1-8H,9-12H2,(H,22,24). The molecule has 0 aromatic heterocycles. The fourth-order valence-electron chi connectivity index (χ4n) is 2.10. The zero-order valence-electron chi connectivity index (χ0n) is 13.8. The summed E-state index contributed by atoms with van der Waals surface area (Å²) in [7, 11) is 0. The van der Waals surface area contributed by atoms with E-state index in [4.69, 9.17) is 4.74 Å². The Morgan fingerprint density at radius 3 is 2.31 bits per heavy atom. The van der Waals surface area contributed by atoms with Crippen LogP contribution < -0.4 is 5.32 Å². The van der Waals surface area contributed by atoms with E-state index in [9.17, 15) is 23.2 Å². The number of halogens is 2. The second kappa shape index (κ2) is 9.41. The van der Waals surface area contributed by atoms with Crippen molar-refractivity contribution < 1.29 is 27.9 Å². The van der Waals surface area contributed by atoms with E-state index in [2.05, 4.69) is 5.32 Å². The highest BCUT2D eigenvalue weighted by atomic mass is 19.1. The summed E-state index contributed by atoms with van der Waals surface area (Å²) in [6.07, 6.45) is -0.307. The molecule has 1 amide bonds. The molecule has 0 unspecified atom stereocenters. The molecule has 0 spiro atoms. The van der Waals surface area contributed by atoms with Crippen LogP contribution in [0.1, 0.15) is 28.8 Å². The molecule has 5 nitrogen and oxygen atoms in total. The fraction of sp³-hybridized carbons (Fsp3) is 0.211. The maximum Gasteiger partial charge on any atom is 0.306 e. The van der Waals surface area contributed by atoms with Crippen LogP contribution in [0.2, 0.25) is 0 Å². The summed E-state index contributed by atoms with van der Waals surface area (Å²) in [4.78, 5) is 35.0. The van der Waals surface area contributed by atoms with Crippen LogP contribution in [0.25, 0.3) is 0 Å². The molecule has 0 bridgehead atoms. The van der Waals surface area contributed by atoms with Gasteiger partial charge in [0, 0.05) is 24.1 Å². The third kappa shape index (κ3) is 6.08. The molecule has 7 heteroatoms. The largest absolute Gasteiger partial charge is 0.456 e. The van der Waals surface area contributed by atoms with Crippen LogP contribution in [0.3, 0.4) is 0 Å². The quantitative estimate of drug-likeness (QED) is 0.580. The summed E-state index contributed by atoms with van der Waals surface area (Å²) < 4.78 is 31.0. The van der Waals surface area contributed by atoms with E-state index in [1.165, 1.54) is 30.3 Å². The number of ether oxygens (including phenoxy) is 1. The number of rotatable bonds is 8. The Morgan fingerprint density at radius 2 is 1.62 bits per heavy atom. The van der Waals surface area contributed by atoms with Crippen molar-refractivity contribution in [1.82, 2.24) is 5.32 Å². The average molecular weight is 361 g/mol. The van der Waals surface area contributed by atoms with E-state index < -0.39 is 30.1 Å². The number of ketones is 1. The van der Waals surface area contributed by atoms with Gasteiger partial charge in [-0.05, 0) is 30.3 Å². The van der Waals surface area contributed by atoms with Gasteiger partial charge < -0.3 is 10.1 Å². The Bertz CT molecular complexity index is 790. The fourth-order valence-corrected chi connectivity index (χ4v) is 2.10. The molecule has 0 aliphatic rings. The molecule has 26 heavy (non-hydrogen) atoms. The van der Waals surface area contributed by atoms with Crippen molar-refractivity contribution in [2.45, 2.75) is 19.4 Å². The van der Waals surface area contributed by atoms with Gasteiger partial charge in [-0.15, -0.1) is 0 Å². The van der Waals surface area contributed by atoms with Crippen LogP contribution in [-0.2, 0) is 20.9 Å². The zero-order valence-corrected chi connectivity index (χ0v) is 13.8. The molecule has 2 rings (SSSR count). The highest BCUT2D eigenvalue weighted by molar-refractivity contribution is 5.97. The lowest BCUT2D eigenvalue weighted by Crippen LogP contribution is -2.28. The number of amides is 1. The van der Waals surface area contributed by atoms with Gasteiger partial charge in [0.15, 0.2) is 12.4 Å². The van der Waals surface area contributed by atoms with Crippen molar-refractivity contribution in [3.8, 4) is 0 Å². The molecule has 136 valence electrons. The molecule has 0 saturated carbocycles. The predicted octanol–water partition coefficient (Wildman–Crippen LogP) is 2.79. The first-order chi connectivity index (χ1) is 12.5. The molecule has 0 atom stereocenters. The highest BCUT2D eigenvalue weighted by Crippen LogP contribution is 2.08. The molecular formula is C19H17F2NO4. The summed E-state index contributed by atoms with van der Waals surface area (Å²) in [6.45, 7) is -0.538. The van der Waals surface area contributed by atoms with Crippen LogP contribution in [-0.4, -0.2) is 24.3 Å². The number of nitrogens with one attached hydrogen (secondary N) is 1. The SMILES string of the molecule is O=C(COC(=O)CCC(=O)c1ccc(F)cc1)NCc1ccccc1F. The first-order valence-electron chi connectivity index (χ1n) is 7.90. The van der Waals surface area contributed by atoms with Crippen LogP contribution in [0.4, 0.5) is 8.78 Å². The Morgan fingerprint density at radius 1 is 0.923 bits per heavy atom. The normalized spacial score (nSPS) is 10.2. The van der Waals surface area contributed by atoms with Gasteiger partial charge in [-0.1, -0.05) is 18.2 Å². The Balaban J connectivity index is 1.68. The summed E-state index contributed by atoms with van der Waals surface area (Å²) in [6, 6.07) is 11.0. The lowest BCUT2D eigenvalue weighted by molar-refractivity contribution is -0.148. The minimum atomic E-state index is -0.707. The number of carbonyl (C=O) groups excluding carboxylic acids is 3. The van der Waals surface area contributed by atoms with Gasteiger partial charge in [0.25, 0.3) is 5.91 Å². The first kappa shape index (κ1) is 19.2. The van der Waals surface area contributed by atoms with Crippen molar-refractivity contribution in [3.63, 3.8) is 0 Å². The minimum absolute atomic E-state index is 0.0217. The highest BCUT2D eigenvalue weighted by Gasteiger charge is 2.12. The third-order valence-electron chi connectivity index (χ3n) is 3.52. The number of carbonyl (C=O) groups is 3. The van der Waals surface area contributed by atoms with Gasteiger partial charge in [0.05, 0.1) is 6.42 Å². The van der Waals surface area contributed by atoms with Gasteiger partial charge in [0.1, 0.15) is 11.6 Å². The van der Waals surface area contributed by atoms with Crippen molar-refractivity contribution in [2.24, 2.45) is 0 Å². The minimum Gasteiger partial charge on any atom is -0.456 e. The molecule has 0 fully saturated rings. The molecule has 1 N–H and O–H groups in total. The molecule has 0 aliphatic carbocycles. The van der Waals surface area contributed by atoms with E-state index in [0.29, 0.717) is 11.1 Å². The van der Waals surface area contributed by atoms with Crippen molar-refractivity contribution in [2.75, 3.05) is 6.61 Å². The van der Waals surface area contributed by atoms with E-state index in [1.807, 2.05) is 0 Å². The Hall–Kier alpha value is -3.09. The van der Waals surface area contributed by atoms with E-state index in [1.54, 1.807) is 6.07 Å². The van der Waals surface area contributed by atoms with Gasteiger partial charge in [-0.3, -0.25) is 14.4 Å². The first-order valence-corrected chi connectivity index (χ1v) is 7.90. The molecule has 2 aromatic rings.